The highest BCUT2D eigenvalue weighted by Gasteiger charge is 2.22. The van der Waals surface area contributed by atoms with Crippen molar-refractivity contribution in [3.8, 4) is 5.75 Å². The summed E-state index contributed by atoms with van der Waals surface area (Å²) in [4.78, 5) is 11.9. The van der Waals surface area contributed by atoms with Crippen LogP contribution in [0.25, 0.3) is 0 Å². The molecular formula is C15H22N2O2. The van der Waals surface area contributed by atoms with E-state index in [4.69, 9.17) is 4.74 Å². The maximum Gasteiger partial charge on any atom is 0.237 e. The van der Waals surface area contributed by atoms with Crippen LogP contribution in [-0.2, 0) is 4.79 Å². The lowest BCUT2D eigenvalue weighted by Crippen LogP contribution is -2.43. The molecule has 1 aromatic rings. The van der Waals surface area contributed by atoms with E-state index in [1.54, 1.807) is 7.11 Å². The quantitative estimate of drug-likeness (QED) is 0.872. The van der Waals surface area contributed by atoms with Crippen molar-refractivity contribution in [1.82, 2.24) is 10.6 Å². The van der Waals surface area contributed by atoms with Gasteiger partial charge in [-0.3, -0.25) is 10.1 Å². The molecule has 1 aliphatic rings. The molecule has 0 bridgehead atoms. The molecule has 4 heteroatoms. The molecule has 2 N–H and O–H groups in total. The minimum atomic E-state index is -0.0938. The second kappa shape index (κ2) is 6.57. The number of rotatable bonds is 4. The standard InChI is InChI=1S/C15H22N2O2/c1-11(12-6-5-7-13(10-12)19-2)17-14-8-3-4-9-16-15(14)18/h5-7,10-11,14,17H,3-4,8-9H2,1-2H3,(H,16,18)/t11-,14?/m1/s1. The minimum Gasteiger partial charge on any atom is -0.497 e. The van der Waals surface area contributed by atoms with Gasteiger partial charge in [-0.25, -0.2) is 0 Å². The summed E-state index contributed by atoms with van der Waals surface area (Å²) in [5, 5.41) is 6.36. The molecule has 0 saturated carbocycles. The zero-order valence-electron chi connectivity index (χ0n) is 11.6. The third kappa shape index (κ3) is 3.70. The van der Waals surface area contributed by atoms with E-state index in [0.29, 0.717) is 0 Å². The lowest BCUT2D eigenvalue weighted by molar-refractivity contribution is -0.123. The van der Waals surface area contributed by atoms with Gasteiger partial charge in [0.2, 0.25) is 5.91 Å². The van der Waals surface area contributed by atoms with Crippen LogP contribution in [0.15, 0.2) is 24.3 Å². The number of carbonyl (C=O) groups is 1. The molecule has 1 unspecified atom stereocenters. The summed E-state index contributed by atoms with van der Waals surface area (Å²) in [7, 11) is 1.66. The van der Waals surface area contributed by atoms with E-state index in [9.17, 15) is 4.79 Å². The summed E-state index contributed by atoms with van der Waals surface area (Å²) in [5.41, 5.74) is 1.14. The highest BCUT2D eigenvalue weighted by Crippen LogP contribution is 2.20. The van der Waals surface area contributed by atoms with E-state index >= 15 is 0 Å². The third-order valence-electron chi connectivity index (χ3n) is 3.58. The van der Waals surface area contributed by atoms with Gasteiger partial charge in [0.1, 0.15) is 5.75 Å². The number of hydrogen-bond acceptors (Lipinski definition) is 3. The Morgan fingerprint density at radius 3 is 3.05 bits per heavy atom. The zero-order chi connectivity index (χ0) is 13.7. The van der Waals surface area contributed by atoms with E-state index in [-0.39, 0.29) is 18.0 Å². The lowest BCUT2D eigenvalue weighted by atomic mass is 10.0. The van der Waals surface area contributed by atoms with Gasteiger partial charge in [0.15, 0.2) is 0 Å². The average molecular weight is 262 g/mol. The number of hydrogen-bond donors (Lipinski definition) is 2. The Morgan fingerprint density at radius 1 is 1.42 bits per heavy atom. The Balaban J connectivity index is 2.02. The fraction of sp³-hybridized carbons (Fsp3) is 0.533. The van der Waals surface area contributed by atoms with Gasteiger partial charge in [-0.15, -0.1) is 0 Å². The van der Waals surface area contributed by atoms with Crippen LogP contribution in [0, 0.1) is 0 Å². The van der Waals surface area contributed by atoms with Crippen molar-refractivity contribution in [2.75, 3.05) is 13.7 Å². The molecule has 0 aliphatic carbocycles. The monoisotopic (exact) mass is 262 g/mol. The summed E-state index contributed by atoms with van der Waals surface area (Å²) in [6, 6.07) is 7.99. The SMILES string of the molecule is COc1cccc([C@@H](C)NC2CCCCNC2=O)c1. The molecule has 4 nitrogen and oxygen atoms in total. The van der Waals surface area contributed by atoms with Gasteiger partial charge in [-0.05, 0) is 43.9 Å². The molecule has 1 saturated heterocycles. The van der Waals surface area contributed by atoms with Crippen LogP contribution >= 0.6 is 0 Å². The highest BCUT2D eigenvalue weighted by atomic mass is 16.5. The van der Waals surface area contributed by atoms with Crippen molar-refractivity contribution < 1.29 is 9.53 Å². The van der Waals surface area contributed by atoms with Crippen LogP contribution in [0.3, 0.4) is 0 Å². The second-order valence-corrected chi connectivity index (χ2v) is 5.00. The molecule has 1 aliphatic heterocycles. The Hall–Kier alpha value is -1.55. The first-order valence-corrected chi connectivity index (χ1v) is 6.88. The average Bonchev–Trinajstić information content (AvgIpc) is 2.64. The van der Waals surface area contributed by atoms with E-state index in [0.717, 1.165) is 37.1 Å². The van der Waals surface area contributed by atoms with Crippen molar-refractivity contribution >= 4 is 5.91 Å². The molecule has 1 fully saturated rings. The molecule has 2 atom stereocenters. The Labute approximate surface area is 114 Å². The van der Waals surface area contributed by atoms with E-state index in [2.05, 4.69) is 23.6 Å². The van der Waals surface area contributed by atoms with Crippen molar-refractivity contribution in [1.29, 1.82) is 0 Å². The molecular weight excluding hydrogens is 240 g/mol. The lowest BCUT2D eigenvalue weighted by Gasteiger charge is -2.21. The van der Waals surface area contributed by atoms with Gasteiger partial charge >= 0.3 is 0 Å². The Kier molecular flexibility index (Phi) is 4.80. The molecule has 1 aromatic carbocycles. The predicted octanol–water partition coefficient (Wildman–Crippen LogP) is 2.01. The van der Waals surface area contributed by atoms with Crippen LogP contribution in [-0.4, -0.2) is 25.6 Å². The smallest absolute Gasteiger partial charge is 0.237 e. The predicted molar refractivity (Wildman–Crippen MR) is 75.2 cm³/mol. The number of ether oxygens (including phenoxy) is 1. The van der Waals surface area contributed by atoms with Crippen LogP contribution < -0.4 is 15.4 Å². The number of benzene rings is 1. The van der Waals surface area contributed by atoms with E-state index in [1.807, 2.05) is 18.2 Å². The van der Waals surface area contributed by atoms with Crippen LogP contribution in [0.4, 0.5) is 0 Å². The fourth-order valence-corrected chi connectivity index (χ4v) is 2.41. The molecule has 0 spiro atoms. The van der Waals surface area contributed by atoms with Gasteiger partial charge in [-0.1, -0.05) is 12.1 Å². The molecule has 104 valence electrons. The summed E-state index contributed by atoms with van der Waals surface area (Å²) >= 11 is 0. The largest absolute Gasteiger partial charge is 0.497 e. The van der Waals surface area contributed by atoms with Crippen molar-refractivity contribution in [2.45, 2.75) is 38.3 Å². The van der Waals surface area contributed by atoms with Gasteiger partial charge in [0.05, 0.1) is 13.2 Å². The van der Waals surface area contributed by atoms with Gasteiger partial charge < -0.3 is 10.1 Å². The fourth-order valence-electron chi connectivity index (χ4n) is 2.41. The molecule has 0 radical (unpaired) electrons. The number of amides is 1. The first kappa shape index (κ1) is 13.9. The summed E-state index contributed by atoms with van der Waals surface area (Å²) in [6.07, 6.45) is 3.05. The van der Waals surface area contributed by atoms with Crippen LogP contribution in [0.2, 0.25) is 0 Å². The number of methoxy groups -OCH3 is 1. The highest BCUT2D eigenvalue weighted by molar-refractivity contribution is 5.81. The molecule has 19 heavy (non-hydrogen) atoms. The molecule has 1 heterocycles. The van der Waals surface area contributed by atoms with Crippen LogP contribution in [0.1, 0.15) is 37.8 Å². The molecule has 2 rings (SSSR count). The Morgan fingerprint density at radius 2 is 2.26 bits per heavy atom. The maximum absolute atomic E-state index is 11.9. The van der Waals surface area contributed by atoms with Crippen LogP contribution in [0.5, 0.6) is 5.75 Å². The maximum atomic E-state index is 11.9. The topological polar surface area (TPSA) is 50.4 Å². The van der Waals surface area contributed by atoms with E-state index in [1.165, 1.54) is 0 Å². The summed E-state index contributed by atoms with van der Waals surface area (Å²) < 4.78 is 5.23. The van der Waals surface area contributed by atoms with Crippen molar-refractivity contribution in [3.63, 3.8) is 0 Å². The third-order valence-corrected chi connectivity index (χ3v) is 3.58. The zero-order valence-corrected chi connectivity index (χ0v) is 11.6. The van der Waals surface area contributed by atoms with Gasteiger partial charge in [-0.2, -0.15) is 0 Å². The van der Waals surface area contributed by atoms with E-state index < -0.39 is 0 Å². The van der Waals surface area contributed by atoms with Gasteiger partial charge in [0.25, 0.3) is 0 Å². The number of carbonyl (C=O) groups excluding carboxylic acids is 1. The first-order valence-electron chi connectivity index (χ1n) is 6.88. The Bertz CT molecular complexity index is 434. The molecule has 0 aromatic heterocycles. The number of nitrogens with one attached hydrogen (secondary N) is 2. The van der Waals surface area contributed by atoms with Crippen molar-refractivity contribution in [2.24, 2.45) is 0 Å². The van der Waals surface area contributed by atoms with Crippen molar-refractivity contribution in [3.05, 3.63) is 29.8 Å². The second-order valence-electron chi connectivity index (χ2n) is 5.00. The molecule has 1 amide bonds. The van der Waals surface area contributed by atoms with Gasteiger partial charge in [0, 0.05) is 12.6 Å². The summed E-state index contributed by atoms with van der Waals surface area (Å²) in [6.45, 7) is 2.87. The first-order chi connectivity index (χ1) is 9.20. The normalized spacial score (nSPS) is 21.4. The summed E-state index contributed by atoms with van der Waals surface area (Å²) in [5.74, 6) is 0.962. The minimum absolute atomic E-state index is 0.0938.